The molecule has 1 saturated heterocycles. The number of morpholine rings is 1. The van der Waals surface area contributed by atoms with Crippen LogP contribution in [0, 0.1) is 10.1 Å². The molecular formula is C13H18BrN3O3. The highest BCUT2D eigenvalue weighted by Gasteiger charge is 2.35. The fourth-order valence-corrected chi connectivity index (χ4v) is 2.95. The van der Waals surface area contributed by atoms with E-state index in [9.17, 15) is 10.1 Å². The van der Waals surface area contributed by atoms with Crippen LogP contribution < -0.4 is 5.32 Å². The monoisotopic (exact) mass is 343 g/mol. The molecule has 20 heavy (non-hydrogen) atoms. The molecule has 1 aromatic rings. The first-order chi connectivity index (χ1) is 9.54. The molecule has 7 heteroatoms. The fourth-order valence-electron chi connectivity index (χ4n) is 2.60. The number of rotatable bonds is 4. The summed E-state index contributed by atoms with van der Waals surface area (Å²) in [6.07, 6.45) is -0.0985. The summed E-state index contributed by atoms with van der Waals surface area (Å²) >= 11 is 3.29. The number of nitrogens with zero attached hydrogens (tertiary/aromatic N) is 2. The lowest BCUT2D eigenvalue weighted by molar-refractivity contribution is -0.386. The van der Waals surface area contributed by atoms with Crippen molar-refractivity contribution in [1.29, 1.82) is 0 Å². The van der Waals surface area contributed by atoms with E-state index in [1.165, 1.54) is 0 Å². The van der Waals surface area contributed by atoms with Gasteiger partial charge in [0.2, 0.25) is 0 Å². The van der Waals surface area contributed by atoms with E-state index in [4.69, 9.17) is 4.74 Å². The Bertz CT molecular complexity index is 496. The molecule has 1 aliphatic heterocycles. The Hall–Kier alpha value is -1.02. The highest BCUT2D eigenvalue weighted by molar-refractivity contribution is 9.10. The third-order valence-corrected chi connectivity index (χ3v) is 4.01. The molecule has 2 rings (SSSR count). The third kappa shape index (κ3) is 3.17. The van der Waals surface area contributed by atoms with Crippen molar-refractivity contribution in [2.45, 2.75) is 12.1 Å². The first-order valence-corrected chi connectivity index (χ1v) is 7.24. The first-order valence-electron chi connectivity index (χ1n) is 6.45. The zero-order chi connectivity index (χ0) is 14.7. The van der Waals surface area contributed by atoms with Crippen molar-refractivity contribution in [3.05, 3.63) is 38.3 Å². The van der Waals surface area contributed by atoms with Gasteiger partial charge in [0.1, 0.15) is 0 Å². The van der Waals surface area contributed by atoms with Crippen LogP contribution in [0.15, 0.2) is 22.7 Å². The van der Waals surface area contributed by atoms with Crippen LogP contribution in [0.5, 0.6) is 0 Å². The van der Waals surface area contributed by atoms with Gasteiger partial charge in [0.25, 0.3) is 5.69 Å². The molecule has 1 aliphatic rings. The predicted molar refractivity (Wildman–Crippen MR) is 79.8 cm³/mol. The molecule has 1 aromatic carbocycles. The largest absolute Gasteiger partial charge is 0.374 e. The van der Waals surface area contributed by atoms with Crippen LogP contribution in [0.3, 0.4) is 0 Å². The van der Waals surface area contributed by atoms with Gasteiger partial charge >= 0.3 is 0 Å². The van der Waals surface area contributed by atoms with Crippen LogP contribution in [0.1, 0.15) is 11.6 Å². The van der Waals surface area contributed by atoms with E-state index in [0.717, 1.165) is 6.54 Å². The van der Waals surface area contributed by atoms with E-state index in [-0.39, 0.29) is 22.8 Å². The average Bonchev–Trinajstić information content (AvgIpc) is 2.40. The van der Waals surface area contributed by atoms with Crippen LogP contribution in [-0.2, 0) is 4.74 Å². The lowest BCUT2D eigenvalue weighted by Gasteiger charge is -2.39. The number of halogens is 1. The second-order valence-corrected chi connectivity index (χ2v) is 5.77. The Balaban J connectivity index is 2.43. The van der Waals surface area contributed by atoms with Gasteiger partial charge in [-0.2, -0.15) is 0 Å². The van der Waals surface area contributed by atoms with Crippen molar-refractivity contribution in [1.82, 2.24) is 10.2 Å². The summed E-state index contributed by atoms with van der Waals surface area (Å²) in [6.45, 7) is 2.06. The van der Waals surface area contributed by atoms with Crippen LogP contribution in [0.4, 0.5) is 5.69 Å². The van der Waals surface area contributed by atoms with E-state index < -0.39 is 0 Å². The zero-order valence-corrected chi connectivity index (χ0v) is 13.1. The summed E-state index contributed by atoms with van der Waals surface area (Å²) in [6, 6.07) is 5.07. The van der Waals surface area contributed by atoms with Gasteiger partial charge in [-0.15, -0.1) is 0 Å². The summed E-state index contributed by atoms with van der Waals surface area (Å²) in [5.74, 6) is 0. The van der Waals surface area contributed by atoms with Crippen molar-refractivity contribution in [3.8, 4) is 0 Å². The molecule has 0 saturated carbocycles. The highest BCUT2D eigenvalue weighted by atomic mass is 79.9. The number of likely N-dealkylation sites (N-methyl/N-ethyl adjacent to an activating group) is 2. The summed E-state index contributed by atoms with van der Waals surface area (Å²) in [7, 11) is 3.83. The summed E-state index contributed by atoms with van der Waals surface area (Å²) in [5.41, 5.74) is 0.823. The fraction of sp³-hybridized carbons (Fsp3) is 0.538. The zero-order valence-electron chi connectivity index (χ0n) is 11.5. The van der Waals surface area contributed by atoms with Gasteiger partial charge in [-0.05, 0) is 26.2 Å². The molecule has 2 atom stereocenters. The third-order valence-electron chi connectivity index (χ3n) is 3.52. The first kappa shape index (κ1) is 15.4. The second-order valence-electron chi connectivity index (χ2n) is 4.85. The summed E-state index contributed by atoms with van der Waals surface area (Å²) in [4.78, 5) is 13.1. The molecule has 1 fully saturated rings. The number of benzene rings is 1. The van der Waals surface area contributed by atoms with Crippen LogP contribution >= 0.6 is 15.9 Å². The van der Waals surface area contributed by atoms with E-state index in [1.807, 2.05) is 20.2 Å². The Labute approximate surface area is 126 Å². The summed E-state index contributed by atoms with van der Waals surface area (Å²) < 4.78 is 6.49. The molecule has 0 aliphatic carbocycles. The number of ether oxygens (including phenoxy) is 1. The predicted octanol–water partition coefficient (Wildman–Crippen LogP) is 1.95. The molecule has 2 unspecified atom stereocenters. The van der Waals surface area contributed by atoms with Crippen molar-refractivity contribution >= 4 is 21.6 Å². The van der Waals surface area contributed by atoms with Crippen LogP contribution in [-0.4, -0.2) is 49.7 Å². The minimum Gasteiger partial charge on any atom is -0.374 e. The lowest BCUT2D eigenvalue weighted by atomic mass is 9.96. The van der Waals surface area contributed by atoms with Gasteiger partial charge < -0.3 is 10.1 Å². The maximum atomic E-state index is 11.3. The van der Waals surface area contributed by atoms with Crippen molar-refractivity contribution in [3.63, 3.8) is 0 Å². The molecular weight excluding hydrogens is 326 g/mol. The number of nitro groups is 1. The summed E-state index contributed by atoms with van der Waals surface area (Å²) in [5, 5.41) is 14.4. The maximum absolute atomic E-state index is 11.3. The normalized spacial score (nSPS) is 23.8. The Morgan fingerprint density at radius 2 is 2.35 bits per heavy atom. The molecule has 0 radical (unpaired) electrons. The SMILES string of the molecule is CNCC1OCCN(C)C1c1ccc(Br)cc1[N+](=O)[O-]. The number of nitrogens with one attached hydrogen (secondary N) is 1. The van der Waals surface area contributed by atoms with E-state index in [2.05, 4.69) is 26.1 Å². The number of hydrogen-bond acceptors (Lipinski definition) is 5. The van der Waals surface area contributed by atoms with Gasteiger partial charge in [-0.25, -0.2) is 0 Å². The van der Waals surface area contributed by atoms with Crippen molar-refractivity contribution < 1.29 is 9.66 Å². The Morgan fingerprint density at radius 3 is 3.00 bits per heavy atom. The van der Waals surface area contributed by atoms with Gasteiger partial charge in [-0.3, -0.25) is 15.0 Å². The standard InChI is InChI=1S/C13H18BrN3O3/c1-15-8-12-13(16(2)5-6-20-12)10-4-3-9(14)7-11(10)17(18)19/h3-4,7,12-13,15H,5-6,8H2,1-2H3. The molecule has 6 nitrogen and oxygen atoms in total. The molecule has 1 heterocycles. The van der Waals surface area contributed by atoms with Gasteiger partial charge in [-0.1, -0.05) is 15.9 Å². The van der Waals surface area contributed by atoms with E-state index in [0.29, 0.717) is 23.2 Å². The maximum Gasteiger partial charge on any atom is 0.275 e. The quantitative estimate of drug-likeness (QED) is 0.668. The van der Waals surface area contributed by atoms with Crippen molar-refractivity contribution in [2.75, 3.05) is 33.8 Å². The molecule has 0 spiro atoms. The Morgan fingerprint density at radius 1 is 1.60 bits per heavy atom. The second kappa shape index (κ2) is 6.62. The molecule has 0 aromatic heterocycles. The van der Waals surface area contributed by atoms with Gasteiger partial charge in [0.15, 0.2) is 0 Å². The van der Waals surface area contributed by atoms with Crippen LogP contribution in [0.25, 0.3) is 0 Å². The van der Waals surface area contributed by atoms with E-state index >= 15 is 0 Å². The average molecular weight is 344 g/mol. The number of hydrogen-bond donors (Lipinski definition) is 1. The van der Waals surface area contributed by atoms with Crippen molar-refractivity contribution in [2.24, 2.45) is 0 Å². The minimum absolute atomic E-state index is 0.0985. The molecule has 0 amide bonds. The van der Waals surface area contributed by atoms with E-state index in [1.54, 1.807) is 12.1 Å². The number of nitro benzene ring substituents is 1. The van der Waals surface area contributed by atoms with Crippen LogP contribution in [0.2, 0.25) is 0 Å². The molecule has 0 bridgehead atoms. The molecule has 110 valence electrons. The minimum atomic E-state index is -0.334. The lowest BCUT2D eigenvalue weighted by Crippen LogP contribution is -2.47. The highest BCUT2D eigenvalue weighted by Crippen LogP contribution is 2.35. The topological polar surface area (TPSA) is 67.6 Å². The van der Waals surface area contributed by atoms with Gasteiger partial charge in [0.05, 0.1) is 23.7 Å². The smallest absolute Gasteiger partial charge is 0.275 e. The van der Waals surface area contributed by atoms with Gasteiger partial charge in [0, 0.05) is 29.2 Å². The Kier molecular flexibility index (Phi) is 5.09. The molecule has 1 N–H and O–H groups in total.